The third kappa shape index (κ3) is 5.20. The summed E-state index contributed by atoms with van der Waals surface area (Å²) in [5, 5.41) is 14.2. The Hall–Kier alpha value is -2.95. The van der Waals surface area contributed by atoms with E-state index in [4.69, 9.17) is 16.6 Å². The number of nitrogen functional groups attached to an aromatic ring is 1. The van der Waals surface area contributed by atoms with Crippen LogP contribution in [0.4, 0.5) is 11.4 Å². The summed E-state index contributed by atoms with van der Waals surface area (Å²) in [4.78, 5) is 13.1. The molecule has 0 saturated carbocycles. The molecule has 5 heteroatoms. The summed E-state index contributed by atoms with van der Waals surface area (Å²) >= 11 is 0. The predicted octanol–water partition coefficient (Wildman–Crippen LogP) is 2.98. The number of nitrogens with zero attached hydrogens (tertiary/aromatic N) is 1. The fourth-order valence-electron chi connectivity index (χ4n) is 1.71. The smallest absolute Gasteiger partial charge is 0.277 e. The van der Waals surface area contributed by atoms with Crippen molar-refractivity contribution in [3.8, 4) is 0 Å². The second-order valence-electron chi connectivity index (χ2n) is 4.35. The van der Waals surface area contributed by atoms with Crippen molar-refractivity contribution in [2.75, 3.05) is 17.2 Å². The van der Waals surface area contributed by atoms with Gasteiger partial charge in [-0.05, 0) is 31.2 Å². The maximum absolute atomic E-state index is 11.7. The molecule has 0 spiro atoms. The molecule has 0 bridgehead atoms. The highest BCUT2D eigenvalue weighted by Gasteiger charge is 2.16. The Kier molecular flexibility index (Phi) is 7.05. The lowest BCUT2D eigenvalue weighted by molar-refractivity contribution is -0.112. The molecule has 114 valence electrons. The first-order valence-electron chi connectivity index (χ1n) is 6.86. The second-order valence-corrected chi connectivity index (χ2v) is 4.35. The lowest BCUT2D eigenvalue weighted by atomic mass is 10.2. The van der Waals surface area contributed by atoms with Gasteiger partial charge in [-0.2, -0.15) is 0 Å². The minimum absolute atomic E-state index is 0.305. The van der Waals surface area contributed by atoms with Crippen LogP contribution < -0.4 is 10.6 Å². The first kappa shape index (κ1) is 17.1. The van der Waals surface area contributed by atoms with Crippen molar-refractivity contribution in [2.45, 2.75) is 6.92 Å². The number of nitrogens with one attached hydrogen (secondary N) is 2. The lowest BCUT2D eigenvalue weighted by Crippen LogP contribution is -2.36. The summed E-state index contributed by atoms with van der Waals surface area (Å²) in [5.74, 6) is -0.446. The summed E-state index contributed by atoms with van der Waals surface area (Å²) in [6, 6.07) is 18.6. The van der Waals surface area contributed by atoms with Crippen LogP contribution in [0.3, 0.4) is 0 Å². The Bertz CT molecular complexity index is 611. The fraction of sp³-hybridized carbons (Fsp3) is 0.118. The van der Waals surface area contributed by atoms with Gasteiger partial charge in [0, 0.05) is 24.1 Å². The number of anilines is 2. The summed E-state index contributed by atoms with van der Waals surface area (Å²) in [6.07, 6.45) is 0.758. The minimum Gasteiger partial charge on any atom is -0.399 e. The topological polar surface area (TPSA) is 94.0 Å². The van der Waals surface area contributed by atoms with Crippen LogP contribution in [0, 0.1) is 10.8 Å². The largest absolute Gasteiger partial charge is 0.399 e. The van der Waals surface area contributed by atoms with Gasteiger partial charge in [-0.1, -0.05) is 36.4 Å². The highest BCUT2D eigenvalue weighted by Crippen LogP contribution is 2.12. The number of hydrogen-bond acceptors (Lipinski definition) is 4. The molecule has 2 aromatic carbocycles. The number of carbonyl (C=O) groups is 1. The van der Waals surface area contributed by atoms with Crippen molar-refractivity contribution in [2.24, 2.45) is 0 Å². The highest BCUT2D eigenvalue weighted by molar-refractivity contribution is 6.61. The Morgan fingerprint density at radius 3 is 1.95 bits per heavy atom. The molecule has 0 aromatic heterocycles. The van der Waals surface area contributed by atoms with E-state index in [1.54, 1.807) is 12.1 Å². The zero-order valence-electron chi connectivity index (χ0n) is 12.5. The molecule has 0 aliphatic carbocycles. The van der Waals surface area contributed by atoms with Gasteiger partial charge in [-0.15, -0.1) is 0 Å². The van der Waals surface area contributed by atoms with E-state index < -0.39 is 5.91 Å². The van der Waals surface area contributed by atoms with Crippen LogP contribution in [-0.2, 0) is 4.79 Å². The van der Waals surface area contributed by atoms with Crippen molar-refractivity contribution < 1.29 is 4.79 Å². The van der Waals surface area contributed by atoms with Crippen molar-refractivity contribution in [3.05, 3.63) is 60.7 Å². The molecule has 0 aliphatic heterocycles. The van der Waals surface area contributed by atoms with E-state index in [9.17, 15) is 4.79 Å². The van der Waals surface area contributed by atoms with Gasteiger partial charge in [0.05, 0.1) is 0 Å². The molecule has 0 unspecified atom stereocenters. The first-order chi connectivity index (χ1) is 10.6. The maximum atomic E-state index is 11.7. The van der Waals surface area contributed by atoms with E-state index in [2.05, 4.69) is 0 Å². The number of rotatable bonds is 4. The number of hydrogen-bond donors (Lipinski definition) is 3. The lowest BCUT2D eigenvalue weighted by Gasteiger charge is -2.19. The first-order valence-corrected chi connectivity index (χ1v) is 6.86. The quantitative estimate of drug-likeness (QED) is 0.597. The summed E-state index contributed by atoms with van der Waals surface area (Å²) in [6.45, 7) is 2.32. The molecule has 22 heavy (non-hydrogen) atoms. The van der Waals surface area contributed by atoms with Crippen LogP contribution in [0.1, 0.15) is 6.92 Å². The van der Waals surface area contributed by atoms with Crippen LogP contribution in [0.25, 0.3) is 0 Å². The Balaban J connectivity index is 0.000000287. The molecule has 0 saturated heterocycles. The third-order valence-corrected chi connectivity index (χ3v) is 2.80. The van der Waals surface area contributed by atoms with Crippen LogP contribution in [0.15, 0.2) is 60.7 Å². The maximum Gasteiger partial charge on any atom is 0.277 e. The van der Waals surface area contributed by atoms with Gasteiger partial charge in [-0.3, -0.25) is 10.2 Å². The van der Waals surface area contributed by atoms with Crippen molar-refractivity contribution >= 4 is 29.2 Å². The van der Waals surface area contributed by atoms with Crippen molar-refractivity contribution in [1.82, 2.24) is 0 Å². The van der Waals surface area contributed by atoms with Gasteiger partial charge in [0.2, 0.25) is 0 Å². The van der Waals surface area contributed by atoms with E-state index in [1.807, 2.05) is 55.5 Å². The van der Waals surface area contributed by atoms with Gasteiger partial charge in [0.25, 0.3) is 5.91 Å². The van der Waals surface area contributed by atoms with E-state index in [0.717, 1.165) is 17.6 Å². The number of amides is 1. The zero-order chi connectivity index (χ0) is 16.4. The van der Waals surface area contributed by atoms with E-state index in [-0.39, 0.29) is 5.71 Å². The average Bonchev–Trinajstić information content (AvgIpc) is 2.57. The number of benzene rings is 2. The van der Waals surface area contributed by atoms with Crippen LogP contribution >= 0.6 is 0 Å². The molecule has 0 heterocycles. The second kappa shape index (κ2) is 9.07. The molecule has 4 N–H and O–H groups in total. The normalized spacial score (nSPS) is 9.14. The van der Waals surface area contributed by atoms with Crippen LogP contribution in [0.2, 0.25) is 0 Å². The standard InChI is InChI=1S/C11H13N3O.C6H7N/c1-2-14(11(15)10(13)8-12)9-6-4-3-5-7-9;7-6-4-2-1-3-5-6/h3-8,12-13H,2H2,1H3;1-5H,7H2. The molecule has 0 radical (unpaired) electrons. The molecule has 2 rings (SSSR count). The summed E-state index contributed by atoms with van der Waals surface area (Å²) in [5.41, 5.74) is 6.62. The van der Waals surface area contributed by atoms with E-state index in [1.165, 1.54) is 4.90 Å². The average molecular weight is 296 g/mol. The minimum atomic E-state index is -0.446. The monoisotopic (exact) mass is 296 g/mol. The van der Waals surface area contributed by atoms with Crippen molar-refractivity contribution in [1.29, 1.82) is 10.8 Å². The van der Waals surface area contributed by atoms with Gasteiger partial charge < -0.3 is 16.0 Å². The van der Waals surface area contributed by atoms with Gasteiger partial charge in [0.1, 0.15) is 5.71 Å². The van der Waals surface area contributed by atoms with Gasteiger partial charge in [0.15, 0.2) is 0 Å². The third-order valence-electron chi connectivity index (χ3n) is 2.80. The Morgan fingerprint density at radius 1 is 1.09 bits per heavy atom. The van der Waals surface area contributed by atoms with Crippen molar-refractivity contribution in [3.63, 3.8) is 0 Å². The molecule has 5 nitrogen and oxygen atoms in total. The number of carbonyl (C=O) groups excluding carboxylic acids is 1. The van der Waals surface area contributed by atoms with Gasteiger partial charge >= 0.3 is 0 Å². The molecule has 0 fully saturated rings. The summed E-state index contributed by atoms with van der Waals surface area (Å²) < 4.78 is 0. The Morgan fingerprint density at radius 2 is 1.59 bits per heavy atom. The SMILES string of the molecule is CCN(C(=O)C(=N)C=N)c1ccccc1.Nc1ccccc1. The number of para-hydroxylation sites is 2. The fourth-order valence-corrected chi connectivity index (χ4v) is 1.71. The molecule has 0 atom stereocenters. The number of nitrogens with two attached hydrogens (primary N) is 1. The molecule has 0 aliphatic rings. The van der Waals surface area contributed by atoms with Gasteiger partial charge in [-0.25, -0.2) is 0 Å². The van der Waals surface area contributed by atoms with E-state index >= 15 is 0 Å². The molecular weight excluding hydrogens is 276 g/mol. The van der Waals surface area contributed by atoms with E-state index in [0.29, 0.717) is 6.54 Å². The molecule has 1 amide bonds. The molecular formula is C17H20N4O. The van der Waals surface area contributed by atoms with Crippen LogP contribution in [-0.4, -0.2) is 24.4 Å². The molecule has 2 aromatic rings. The zero-order valence-corrected chi connectivity index (χ0v) is 12.5. The van der Waals surface area contributed by atoms with Crippen LogP contribution in [0.5, 0.6) is 0 Å². The Labute approximate surface area is 130 Å². The highest BCUT2D eigenvalue weighted by atomic mass is 16.2. The predicted molar refractivity (Wildman–Crippen MR) is 91.8 cm³/mol. The summed E-state index contributed by atoms with van der Waals surface area (Å²) in [7, 11) is 0.